The number of amides is 1. The second kappa shape index (κ2) is 6.15. The van der Waals surface area contributed by atoms with Crippen LogP contribution in [-0.4, -0.2) is 33.2 Å². The van der Waals surface area contributed by atoms with Gasteiger partial charge in [0.25, 0.3) is 0 Å². The molecule has 1 unspecified atom stereocenters. The Balaban J connectivity index is 2.26. The van der Waals surface area contributed by atoms with E-state index in [0.717, 1.165) is 19.4 Å². The van der Waals surface area contributed by atoms with Crippen LogP contribution < -0.4 is 10.6 Å². The van der Waals surface area contributed by atoms with Crippen LogP contribution in [-0.2, 0) is 14.6 Å². The number of piperidine rings is 1. The SMILES string of the molecule is CCS(=O)(=O)c1ccccc1NC(=O)C1(C)CCCNC1. The van der Waals surface area contributed by atoms with Crippen LogP contribution in [0.2, 0.25) is 0 Å². The number of hydrogen-bond donors (Lipinski definition) is 2. The molecule has 0 spiro atoms. The van der Waals surface area contributed by atoms with Gasteiger partial charge in [0.15, 0.2) is 9.84 Å². The molecule has 116 valence electrons. The van der Waals surface area contributed by atoms with Gasteiger partial charge in [-0.25, -0.2) is 8.42 Å². The van der Waals surface area contributed by atoms with Crippen LogP contribution in [0.4, 0.5) is 5.69 Å². The number of hydrogen-bond acceptors (Lipinski definition) is 4. The van der Waals surface area contributed by atoms with Gasteiger partial charge in [0.05, 0.1) is 21.8 Å². The summed E-state index contributed by atoms with van der Waals surface area (Å²) < 4.78 is 24.2. The van der Waals surface area contributed by atoms with E-state index < -0.39 is 15.3 Å². The van der Waals surface area contributed by atoms with E-state index in [-0.39, 0.29) is 16.6 Å². The Hall–Kier alpha value is -1.40. The molecule has 2 N–H and O–H groups in total. The van der Waals surface area contributed by atoms with Gasteiger partial charge in [-0.05, 0) is 38.4 Å². The first kappa shape index (κ1) is 16.0. The van der Waals surface area contributed by atoms with E-state index in [2.05, 4.69) is 10.6 Å². The van der Waals surface area contributed by atoms with E-state index in [9.17, 15) is 13.2 Å². The van der Waals surface area contributed by atoms with E-state index in [4.69, 9.17) is 0 Å². The highest BCUT2D eigenvalue weighted by Crippen LogP contribution is 2.29. The van der Waals surface area contributed by atoms with Gasteiger partial charge in [-0.1, -0.05) is 19.1 Å². The summed E-state index contributed by atoms with van der Waals surface area (Å²) >= 11 is 0. The minimum Gasteiger partial charge on any atom is -0.324 e. The molecule has 21 heavy (non-hydrogen) atoms. The minimum absolute atomic E-state index is 0.0126. The third kappa shape index (κ3) is 3.44. The van der Waals surface area contributed by atoms with E-state index in [1.807, 2.05) is 6.92 Å². The van der Waals surface area contributed by atoms with Crippen LogP contribution in [0.3, 0.4) is 0 Å². The predicted molar refractivity (Wildman–Crippen MR) is 83.0 cm³/mol. The first-order valence-corrected chi connectivity index (χ1v) is 8.88. The van der Waals surface area contributed by atoms with E-state index in [1.165, 1.54) is 6.07 Å². The molecule has 1 atom stereocenters. The Morgan fingerprint density at radius 2 is 2.10 bits per heavy atom. The first-order valence-electron chi connectivity index (χ1n) is 7.23. The molecule has 1 saturated heterocycles. The molecule has 0 radical (unpaired) electrons. The summed E-state index contributed by atoms with van der Waals surface area (Å²) in [4.78, 5) is 12.7. The Morgan fingerprint density at radius 3 is 2.71 bits per heavy atom. The molecule has 0 saturated carbocycles. The average molecular weight is 310 g/mol. The number of sulfone groups is 1. The number of carbonyl (C=O) groups excluding carboxylic acids is 1. The molecule has 0 bridgehead atoms. The molecular weight excluding hydrogens is 288 g/mol. The van der Waals surface area contributed by atoms with Gasteiger partial charge >= 0.3 is 0 Å². The zero-order valence-electron chi connectivity index (χ0n) is 12.5. The van der Waals surface area contributed by atoms with Crippen molar-refractivity contribution < 1.29 is 13.2 Å². The van der Waals surface area contributed by atoms with E-state index >= 15 is 0 Å². The standard InChI is InChI=1S/C15H22N2O3S/c1-3-21(19,20)13-8-5-4-7-12(13)17-14(18)15(2)9-6-10-16-11-15/h4-5,7-8,16H,3,6,9-11H2,1-2H3,(H,17,18). The highest BCUT2D eigenvalue weighted by Gasteiger charge is 2.35. The minimum atomic E-state index is -3.36. The van der Waals surface area contributed by atoms with Crippen LogP contribution in [0, 0.1) is 5.41 Å². The van der Waals surface area contributed by atoms with Gasteiger partial charge in [-0.2, -0.15) is 0 Å². The highest BCUT2D eigenvalue weighted by atomic mass is 32.2. The van der Waals surface area contributed by atoms with Crippen molar-refractivity contribution in [1.29, 1.82) is 0 Å². The van der Waals surface area contributed by atoms with Crippen LogP contribution in [0.25, 0.3) is 0 Å². The molecule has 1 aliphatic rings. The largest absolute Gasteiger partial charge is 0.324 e. The van der Waals surface area contributed by atoms with E-state index in [0.29, 0.717) is 12.2 Å². The lowest BCUT2D eigenvalue weighted by Gasteiger charge is -2.32. The number of anilines is 1. The average Bonchev–Trinajstić information content (AvgIpc) is 2.48. The van der Waals surface area contributed by atoms with Crippen molar-refractivity contribution in [2.45, 2.75) is 31.6 Å². The van der Waals surface area contributed by atoms with Crippen LogP contribution in [0.5, 0.6) is 0 Å². The number of carbonyl (C=O) groups is 1. The second-order valence-electron chi connectivity index (χ2n) is 5.69. The van der Waals surface area contributed by atoms with Crippen molar-refractivity contribution in [2.24, 2.45) is 5.41 Å². The van der Waals surface area contributed by atoms with Crippen molar-refractivity contribution in [2.75, 3.05) is 24.2 Å². The zero-order valence-corrected chi connectivity index (χ0v) is 13.3. The van der Waals surface area contributed by atoms with Crippen LogP contribution >= 0.6 is 0 Å². The highest BCUT2D eigenvalue weighted by molar-refractivity contribution is 7.91. The molecule has 1 aromatic rings. The lowest BCUT2D eigenvalue weighted by Crippen LogP contribution is -2.46. The van der Waals surface area contributed by atoms with Gasteiger partial charge in [-0.3, -0.25) is 4.79 Å². The fourth-order valence-corrected chi connectivity index (χ4v) is 3.57. The topological polar surface area (TPSA) is 75.3 Å². The van der Waals surface area contributed by atoms with Crippen molar-refractivity contribution >= 4 is 21.4 Å². The quantitative estimate of drug-likeness (QED) is 0.889. The Bertz CT molecular complexity index is 620. The molecule has 1 fully saturated rings. The summed E-state index contributed by atoms with van der Waals surface area (Å²) in [6.45, 7) is 5.04. The third-order valence-corrected chi connectivity index (χ3v) is 5.78. The second-order valence-corrected chi connectivity index (χ2v) is 7.94. The Labute approximate surface area is 126 Å². The molecule has 1 aromatic carbocycles. The van der Waals surface area contributed by atoms with Crippen LogP contribution in [0.1, 0.15) is 26.7 Å². The third-order valence-electron chi connectivity index (χ3n) is 4.00. The number of para-hydroxylation sites is 1. The summed E-state index contributed by atoms with van der Waals surface area (Å²) in [6.07, 6.45) is 1.74. The maximum Gasteiger partial charge on any atom is 0.231 e. The lowest BCUT2D eigenvalue weighted by molar-refractivity contribution is -0.125. The number of benzene rings is 1. The van der Waals surface area contributed by atoms with Gasteiger partial charge < -0.3 is 10.6 Å². The smallest absolute Gasteiger partial charge is 0.231 e. The molecule has 2 rings (SSSR count). The maximum atomic E-state index is 12.5. The summed E-state index contributed by atoms with van der Waals surface area (Å²) in [5.74, 6) is -0.118. The molecule has 1 amide bonds. The summed E-state index contributed by atoms with van der Waals surface area (Å²) in [5, 5.41) is 6.02. The number of rotatable bonds is 4. The molecule has 0 aliphatic carbocycles. The molecule has 0 aromatic heterocycles. The normalized spacial score (nSPS) is 22.8. The first-order chi connectivity index (χ1) is 9.89. The summed E-state index contributed by atoms with van der Waals surface area (Å²) in [5.41, 5.74) is -0.127. The lowest BCUT2D eigenvalue weighted by atomic mass is 9.82. The number of nitrogens with one attached hydrogen (secondary N) is 2. The van der Waals surface area contributed by atoms with Gasteiger partial charge in [0.1, 0.15) is 0 Å². The molecule has 5 nitrogen and oxygen atoms in total. The van der Waals surface area contributed by atoms with Gasteiger partial charge in [0.2, 0.25) is 5.91 Å². The van der Waals surface area contributed by atoms with Crippen LogP contribution in [0.15, 0.2) is 29.2 Å². The van der Waals surface area contributed by atoms with Gasteiger partial charge in [-0.15, -0.1) is 0 Å². The molecule has 1 aliphatic heterocycles. The summed E-state index contributed by atoms with van der Waals surface area (Å²) in [6, 6.07) is 6.57. The maximum absolute atomic E-state index is 12.5. The molecule has 1 heterocycles. The van der Waals surface area contributed by atoms with Crippen molar-refractivity contribution in [3.05, 3.63) is 24.3 Å². The van der Waals surface area contributed by atoms with Crippen molar-refractivity contribution in [1.82, 2.24) is 5.32 Å². The Kier molecular flexibility index (Phi) is 4.68. The van der Waals surface area contributed by atoms with E-state index in [1.54, 1.807) is 25.1 Å². The Morgan fingerprint density at radius 1 is 1.38 bits per heavy atom. The zero-order chi connectivity index (χ0) is 15.5. The molecular formula is C15H22N2O3S. The van der Waals surface area contributed by atoms with Crippen molar-refractivity contribution in [3.8, 4) is 0 Å². The summed E-state index contributed by atoms with van der Waals surface area (Å²) in [7, 11) is -3.36. The fraction of sp³-hybridized carbons (Fsp3) is 0.533. The fourth-order valence-electron chi connectivity index (χ4n) is 2.52. The predicted octanol–water partition coefficient (Wildman–Crippen LogP) is 1.81. The van der Waals surface area contributed by atoms with Crippen molar-refractivity contribution in [3.63, 3.8) is 0 Å². The van der Waals surface area contributed by atoms with Gasteiger partial charge in [0, 0.05) is 6.54 Å². The monoisotopic (exact) mass is 310 g/mol. The molecule has 6 heteroatoms.